The van der Waals surface area contributed by atoms with Gasteiger partial charge in [-0.3, -0.25) is 4.72 Å². The normalized spacial score (nSPS) is 11.9. The summed E-state index contributed by atoms with van der Waals surface area (Å²) in [5, 5.41) is -0.617. The van der Waals surface area contributed by atoms with E-state index in [2.05, 4.69) is 9.72 Å². The number of rotatable bonds is 6. The number of halogens is 3. The Morgan fingerprint density at radius 2 is 2.00 bits per heavy atom. The number of ether oxygens (including phenoxy) is 2. The summed E-state index contributed by atoms with van der Waals surface area (Å²) >= 11 is 0.237. The number of carbonyl (C=O) groups excluding carboxylic acids is 1. The summed E-state index contributed by atoms with van der Waals surface area (Å²) in [5.74, 6) is -1.23. The van der Waals surface area contributed by atoms with E-state index in [0.29, 0.717) is 5.56 Å². The van der Waals surface area contributed by atoms with Crippen LogP contribution in [-0.2, 0) is 20.9 Å². The van der Waals surface area contributed by atoms with Crippen LogP contribution in [0.15, 0.2) is 23.1 Å². The van der Waals surface area contributed by atoms with Gasteiger partial charge >= 0.3 is 12.1 Å². The van der Waals surface area contributed by atoms with E-state index in [0.717, 1.165) is 0 Å². The molecule has 2 rings (SSSR count). The van der Waals surface area contributed by atoms with Gasteiger partial charge in [0.05, 0.1) is 13.7 Å². The summed E-state index contributed by atoms with van der Waals surface area (Å²) in [6, 6.07) is 4.32. The number of nitrogens with one attached hydrogen (secondary N) is 1. The van der Waals surface area contributed by atoms with Crippen molar-refractivity contribution in [1.82, 2.24) is 4.98 Å². The lowest BCUT2D eigenvalue weighted by Crippen LogP contribution is -2.15. The van der Waals surface area contributed by atoms with Gasteiger partial charge in [0.15, 0.2) is 10.8 Å². The molecular formula is C15H15F3N2O5S2. The highest BCUT2D eigenvalue weighted by atomic mass is 32.2. The molecule has 0 aliphatic rings. The van der Waals surface area contributed by atoms with Crippen LogP contribution in [0.3, 0.4) is 0 Å². The molecule has 0 aliphatic carbocycles. The maximum Gasteiger partial charge on any atom is 0.435 e. The zero-order valence-electron chi connectivity index (χ0n) is 14.4. The molecule has 0 atom stereocenters. The van der Waals surface area contributed by atoms with E-state index >= 15 is 0 Å². The number of sulfonamides is 1. The Morgan fingerprint density at radius 1 is 1.33 bits per heavy atom. The van der Waals surface area contributed by atoms with Crippen LogP contribution in [0.25, 0.3) is 0 Å². The molecule has 2 aromatic rings. The predicted molar refractivity (Wildman–Crippen MR) is 91.6 cm³/mol. The number of carbonyl (C=O) groups is 1. The molecule has 0 aliphatic heterocycles. The Labute approximate surface area is 157 Å². The van der Waals surface area contributed by atoms with Crippen molar-refractivity contribution in [3.8, 4) is 5.75 Å². The predicted octanol–water partition coefficient (Wildman–Crippen LogP) is 3.46. The third-order valence-corrected chi connectivity index (χ3v) is 5.63. The molecule has 0 saturated carbocycles. The van der Waals surface area contributed by atoms with E-state index in [1.165, 1.54) is 26.2 Å². The van der Waals surface area contributed by atoms with Gasteiger partial charge in [-0.25, -0.2) is 18.2 Å². The summed E-state index contributed by atoms with van der Waals surface area (Å²) in [6.07, 6.45) is -4.96. The first-order valence-corrected chi connectivity index (χ1v) is 9.72. The van der Waals surface area contributed by atoms with E-state index < -0.39 is 37.9 Å². The van der Waals surface area contributed by atoms with Crippen molar-refractivity contribution in [1.29, 1.82) is 0 Å². The van der Waals surface area contributed by atoms with E-state index in [9.17, 15) is 26.4 Å². The van der Waals surface area contributed by atoms with Crippen LogP contribution in [0.5, 0.6) is 5.75 Å². The van der Waals surface area contributed by atoms with Crippen molar-refractivity contribution < 1.29 is 35.9 Å². The van der Waals surface area contributed by atoms with Gasteiger partial charge in [-0.1, -0.05) is 17.4 Å². The highest BCUT2D eigenvalue weighted by Gasteiger charge is 2.40. The summed E-state index contributed by atoms with van der Waals surface area (Å²) in [7, 11) is -3.05. The number of nitrogens with zero attached hydrogens (tertiary/aromatic N) is 1. The van der Waals surface area contributed by atoms with Crippen molar-refractivity contribution in [3.63, 3.8) is 0 Å². The third kappa shape index (κ3) is 4.69. The maximum atomic E-state index is 13.1. The first kappa shape index (κ1) is 21.0. The minimum atomic E-state index is -4.96. The van der Waals surface area contributed by atoms with Gasteiger partial charge in [-0.05, 0) is 31.5 Å². The van der Waals surface area contributed by atoms with E-state index in [-0.39, 0.29) is 28.6 Å². The number of thiazole rings is 1. The molecule has 0 fully saturated rings. The zero-order chi connectivity index (χ0) is 20.4. The Bertz CT molecular complexity index is 955. The number of hydrogen-bond donors (Lipinski definition) is 1. The largest absolute Gasteiger partial charge is 0.495 e. The fourth-order valence-corrected chi connectivity index (χ4v) is 4.42. The molecule has 1 N–H and O–H groups in total. The second-order valence-electron chi connectivity index (χ2n) is 5.17. The van der Waals surface area contributed by atoms with Gasteiger partial charge in [0.1, 0.15) is 15.5 Å². The van der Waals surface area contributed by atoms with Crippen LogP contribution in [0, 0.1) is 6.92 Å². The first-order chi connectivity index (χ1) is 12.5. The zero-order valence-corrected chi connectivity index (χ0v) is 16.0. The SMILES string of the molecule is CCOC(=O)c1sc(NS(=O)(=O)c2cc(C)ccc2OC)nc1C(F)(F)F. The van der Waals surface area contributed by atoms with Crippen LogP contribution >= 0.6 is 11.3 Å². The van der Waals surface area contributed by atoms with Gasteiger partial charge < -0.3 is 9.47 Å². The van der Waals surface area contributed by atoms with Crippen molar-refractivity contribution in [3.05, 3.63) is 34.3 Å². The Kier molecular flexibility index (Phi) is 6.00. The average Bonchev–Trinajstić information content (AvgIpc) is 2.98. The van der Waals surface area contributed by atoms with Gasteiger partial charge in [-0.2, -0.15) is 13.2 Å². The van der Waals surface area contributed by atoms with Gasteiger partial charge in [0.2, 0.25) is 0 Å². The van der Waals surface area contributed by atoms with E-state index in [4.69, 9.17) is 4.74 Å². The average molecular weight is 424 g/mol. The molecule has 0 amide bonds. The van der Waals surface area contributed by atoms with Crippen LogP contribution in [0.2, 0.25) is 0 Å². The van der Waals surface area contributed by atoms with Crippen LogP contribution in [0.4, 0.5) is 18.3 Å². The standard InChI is InChI=1S/C15H15F3N2O5S2/c1-4-25-13(21)11-12(15(16,17)18)19-14(26-11)20-27(22,23)10-7-8(2)5-6-9(10)24-3/h5-7H,4H2,1-3H3,(H,19,20). The number of alkyl halides is 3. The molecule has 0 radical (unpaired) electrons. The monoisotopic (exact) mass is 424 g/mol. The highest BCUT2D eigenvalue weighted by Crippen LogP contribution is 2.37. The topological polar surface area (TPSA) is 94.6 Å². The number of methoxy groups -OCH3 is 1. The second-order valence-corrected chi connectivity index (χ2v) is 7.82. The molecule has 12 heteroatoms. The minimum absolute atomic E-state index is 0.00585. The van der Waals surface area contributed by atoms with Crippen molar-refractivity contribution >= 4 is 32.5 Å². The maximum absolute atomic E-state index is 13.1. The Morgan fingerprint density at radius 3 is 2.56 bits per heavy atom. The molecule has 0 unspecified atom stereocenters. The van der Waals surface area contributed by atoms with Crippen LogP contribution in [-0.4, -0.2) is 33.1 Å². The van der Waals surface area contributed by atoms with E-state index in [1.807, 2.05) is 4.72 Å². The lowest BCUT2D eigenvalue weighted by atomic mass is 10.2. The van der Waals surface area contributed by atoms with Crippen LogP contribution in [0.1, 0.15) is 27.9 Å². The number of benzene rings is 1. The smallest absolute Gasteiger partial charge is 0.435 e. The fourth-order valence-electron chi connectivity index (χ4n) is 2.05. The molecule has 0 saturated heterocycles. The third-order valence-electron chi connectivity index (χ3n) is 3.19. The summed E-state index contributed by atoms with van der Waals surface area (Å²) in [6.45, 7) is 2.93. The summed E-state index contributed by atoms with van der Waals surface area (Å²) < 4.78 is 76.1. The molecule has 0 bridgehead atoms. The number of aryl methyl sites for hydroxylation is 1. The number of anilines is 1. The quantitative estimate of drug-likeness (QED) is 0.714. The highest BCUT2D eigenvalue weighted by molar-refractivity contribution is 7.93. The minimum Gasteiger partial charge on any atom is -0.495 e. The second kappa shape index (κ2) is 7.72. The molecule has 7 nitrogen and oxygen atoms in total. The lowest BCUT2D eigenvalue weighted by molar-refractivity contribution is -0.141. The molecular weight excluding hydrogens is 409 g/mol. The first-order valence-electron chi connectivity index (χ1n) is 7.42. The fraction of sp³-hybridized carbons (Fsp3) is 0.333. The van der Waals surface area contributed by atoms with Crippen molar-refractivity contribution in [2.45, 2.75) is 24.9 Å². The molecule has 148 valence electrons. The summed E-state index contributed by atoms with van der Waals surface area (Å²) in [4.78, 5) is 13.9. The Hall–Kier alpha value is -2.34. The molecule has 27 heavy (non-hydrogen) atoms. The van der Waals surface area contributed by atoms with Crippen molar-refractivity contribution in [2.75, 3.05) is 18.4 Å². The number of hydrogen-bond acceptors (Lipinski definition) is 7. The van der Waals surface area contributed by atoms with Crippen LogP contribution < -0.4 is 9.46 Å². The molecule has 1 heterocycles. The summed E-state index contributed by atoms with van der Waals surface area (Å²) in [5.41, 5.74) is -0.918. The number of aromatic nitrogens is 1. The van der Waals surface area contributed by atoms with Gasteiger partial charge in [0, 0.05) is 0 Å². The lowest BCUT2D eigenvalue weighted by Gasteiger charge is -2.10. The van der Waals surface area contributed by atoms with Gasteiger partial charge in [0.25, 0.3) is 10.0 Å². The molecule has 0 spiro atoms. The number of esters is 1. The van der Waals surface area contributed by atoms with E-state index in [1.54, 1.807) is 13.0 Å². The van der Waals surface area contributed by atoms with Gasteiger partial charge in [-0.15, -0.1) is 0 Å². The van der Waals surface area contributed by atoms with Crippen molar-refractivity contribution in [2.24, 2.45) is 0 Å². The molecule has 1 aromatic heterocycles. The molecule has 1 aromatic carbocycles. The Balaban J connectivity index is 2.48.